The molecule has 0 unspecified atom stereocenters. The van der Waals surface area contributed by atoms with E-state index in [0.29, 0.717) is 17.8 Å². The van der Waals surface area contributed by atoms with Crippen LogP contribution in [0.5, 0.6) is 0 Å². The Bertz CT molecular complexity index is 581. The molecule has 2 fully saturated rings. The normalized spacial score (nSPS) is 21.8. The standard InChI is InChI=1S/C15H17NO4S/c17-11-8-15(6-2-1-3-7-15)9-12(18)16(11)13-5-4-10(21-13)14(19)20/h4-5H,1-3,6-9H2,(H,19,20). The highest BCUT2D eigenvalue weighted by Crippen LogP contribution is 2.46. The first kappa shape index (κ1) is 14.3. The molecule has 5 nitrogen and oxygen atoms in total. The lowest BCUT2D eigenvalue weighted by molar-refractivity contribution is -0.134. The molecule has 1 aliphatic heterocycles. The van der Waals surface area contributed by atoms with Crippen LogP contribution in [0.4, 0.5) is 5.00 Å². The number of nitrogens with zero attached hydrogens (tertiary/aromatic N) is 1. The van der Waals surface area contributed by atoms with E-state index in [1.165, 1.54) is 17.4 Å². The molecule has 21 heavy (non-hydrogen) atoms. The van der Waals surface area contributed by atoms with Gasteiger partial charge < -0.3 is 5.11 Å². The van der Waals surface area contributed by atoms with Crippen molar-refractivity contribution in [2.75, 3.05) is 4.90 Å². The Morgan fingerprint density at radius 2 is 1.71 bits per heavy atom. The molecule has 1 aliphatic carbocycles. The van der Waals surface area contributed by atoms with Gasteiger partial charge >= 0.3 is 5.97 Å². The maximum absolute atomic E-state index is 12.4. The molecule has 1 aromatic heterocycles. The quantitative estimate of drug-likeness (QED) is 0.852. The van der Waals surface area contributed by atoms with Crippen LogP contribution >= 0.6 is 11.3 Å². The minimum atomic E-state index is -1.04. The van der Waals surface area contributed by atoms with Crippen molar-refractivity contribution in [1.82, 2.24) is 0 Å². The van der Waals surface area contributed by atoms with Crippen LogP contribution in [0.1, 0.15) is 54.6 Å². The summed E-state index contributed by atoms with van der Waals surface area (Å²) in [5.41, 5.74) is -0.143. The highest BCUT2D eigenvalue weighted by atomic mass is 32.1. The van der Waals surface area contributed by atoms with Crippen molar-refractivity contribution in [3.05, 3.63) is 17.0 Å². The lowest BCUT2D eigenvalue weighted by atomic mass is 9.67. The summed E-state index contributed by atoms with van der Waals surface area (Å²) in [6, 6.07) is 2.98. The zero-order valence-electron chi connectivity index (χ0n) is 11.6. The molecule has 0 bridgehead atoms. The summed E-state index contributed by atoms with van der Waals surface area (Å²) in [5.74, 6) is -1.41. The molecule has 1 spiro atoms. The third kappa shape index (κ3) is 2.60. The Balaban J connectivity index is 1.83. The first-order valence-electron chi connectivity index (χ1n) is 7.20. The summed E-state index contributed by atoms with van der Waals surface area (Å²) in [4.78, 5) is 37.1. The van der Waals surface area contributed by atoms with E-state index in [-0.39, 0.29) is 22.1 Å². The summed E-state index contributed by atoms with van der Waals surface area (Å²) < 4.78 is 0. The number of carboxylic acids is 1. The number of rotatable bonds is 2. The third-order valence-electron chi connectivity index (χ3n) is 4.49. The maximum atomic E-state index is 12.4. The number of carbonyl (C=O) groups is 3. The number of carboxylic acid groups (broad SMARTS) is 1. The van der Waals surface area contributed by atoms with Gasteiger partial charge in [0.1, 0.15) is 9.88 Å². The number of imide groups is 1. The number of piperidine rings is 1. The summed E-state index contributed by atoms with van der Waals surface area (Å²) in [6.45, 7) is 0. The van der Waals surface area contributed by atoms with Crippen LogP contribution < -0.4 is 4.90 Å². The average Bonchev–Trinajstić information content (AvgIpc) is 2.88. The Hall–Kier alpha value is -1.69. The Kier molecular flexibility index (Phi) is 3.57. The summed E-state index contributed by atoms with van der Waals surface area (Å²) in [6.07, 6.45) is 6.05. The molecule has 1 N–H and O–H groups in total. The van der Waals surface area contributed by atoms with E-state index in [9.17, 15) is 14.4 Å². The van der Waals surface area contributed by atoms with Crippen LogP contribution in [0.3, 0.4) is 0 Å². The fourth-order valence-electron chi connectivity index (χ4n) is 3.47. The molecule has 1 saturated carbocycles. The number of anilines is 1. The maximum Gasteiger partial charge on any atom is 0.345 e. The molecule has 2 aliphatic rings. The van der Waals surface area contributed by atoms with Crippen LogP contribution in [-0.4, -0.2) is 22.9 Å². The topological polar surface area (TPSA) is 74.7 Å². The van der Waals surface area contributed by atoms with Crippen LogP contribution in [-0.2, 0) is 9.59 Å². The van der Waals surface area contributed by atoms with Gasteiger partial charge in [0.25, 0.3) is 0 Å². The fourth-order valence-corrected chi connectivity index (χ4v) is 4.34. The highest BCUT2D eigenvalue weighted by molar-refractivity contribution is 7.18. The van der Waals surface area contributed by atoms with Gasteiger partial charge in [-0.15, -0.1) is 11.3 Å². The molecule has 112 valence electrons. The van der Waals surface area contributed by atoms with Crippen molar-refractivity contribution in [2.24, 2.45) is 5.41 Å². The van der Waals surface area contributed by atoms with Crippen LogP contribution in [0.15, 0.2) is 12.1 Å². The number of thiophene rings is 1. The van der Waals surface area contributed by atoms with Crippen molar-refractivity contribution in [1.29, 1.82) is 0 Å². The predicted molar refractivity (Wildman–Crippen MR) is 78.5 cm³/mol. The molecule has 1 saturated heterocycles. The molecular formula is C15H17NO4S. The minimum Gasteiger partial charge on any atom is -0.477 e. The fraction of sp³-hybridized carbons (Fsp3) is 0.533. The monoisotopic (exact) mass is 307 g/mol. The van der Waals surface area contributed by atoms with Crippen molar-refractivity contribution in [2.45, 2.75) is 44.9 Å². The van der Waals surface area contributed by atoms with Crippen LogP contribution in [0.2, 0.25) is 0 Å². The zero-order valence-corrected chi connectivity index (χ0v) is 12.4. The molecule has 1 aromatic rings. The van der Waals surface area contributed by atoms with Crippen molar-refractivity contribution in [3.63, 3.8) is 0 Å². The molecular weight excluding hydrogens is 290 g/mol. The van der Waals surface area contributed by atoms with Gasteiger partial charge in [0.2, 0.25) is 11.8 Å². The van der Waals surface area contributed by atoms with Gasteiger partial charge in [0.15, 0.2) is 0 Å². The summed E-state index contributed by atoms with van der Waals surface area (Å²) >= 11 is 0.975. The SMILES string of the molecule is O=C(O)c1ccc(N2C(=O)CC3(CCCCC3)CC2=O)s1. The second kappa shape index (κ2) is 5.26. The molecule has 0 atom stereocenters. The van der Waals surface area contributed by atoms with E-state index in [1.54, 1.807) is 6.07 Å². The summed E-state index contributed by atoms with van der Waals surface area (Å²) in [5, 5.41) is 9.37. The predicted octanol–water partition coefficient (Wildman–Crippen LogP) is 3.05. The molecule has 2 heterocycles. The summed E-state index contributed by atoms with van der Waals surface area (Å²) in [7, 11) is 0. The number of carbonyl (C=O) groups excluding carboxylic acids is 2. The van der Waals surface area contributed by atoms with Crippen molar-refractivity contribution >= 4 is 34.1 Å². The van der Waals surface area contributed by atoms with Gasteiger partial charge in [-0.2, -0.15) is 0 Å². The zero-order chi connectivity index (χ0) is 15.0. The lowest BCUT2D eigenvalue weighted by Gasteiger charge is -2.41. The van der Waals surface area contributed by atoms with E-state index in [2.05, 4.69) is 0 Å². The second-order valence-electron chi connectivity index (χ2n) is 5.98. The number of hydrogen-bond acceptors (Lipinski definition) is 4. The molecule has 0 radical (unpaired) electrons. The Labute approximate surface area is 126 Å². The van der Waals surface area contributed by atoms with Gasteiger partial charge in [0, 0.05) is 12.8 Å². The van der Waals surface area contributed by atoms with E-state index < -0.39 is 5.97 Å². The Morgan fingerprint density at radius 1 is 1.10 bits per heavy atom. The van der Waals surface area contributed by atoms with E-state index in [1.807, 2.05) is 0 Å². The third-order valence-corrected chi connectivity index (χ3v) is 5.55. The van der Waals surface area contributed by atoms with Gasteiger partial charge in [-0.1, -0.05) is 19.3 Å². The first-order chi connectivity index (χ1) is 10.0. The van der Waals surface area contributed by atoms with E-state index in [4.69, 9.17) is 5.11 Å². The molecule has 3 rings (SSSR count). The largest absolute Gasteiger partial charge is 0.477 e. The van der Waals surface area contributed by atoms with Crippen molar-refractivity contribution < 1.29 is 19.5 Å². The van der Waals surface area contributed by atoms with Crippen LogP contribution in [0, 0.1) is 5.41 Å². The first-order valence-corrected chi connectivity index (χ1v) is 8.01. The smallest absolute Gasteiger partial charge is 0.345 e. The average molecular weight is 307 g/mol. The van der Waals surface area contributed by atoms with Gasteiger partial charge in [-0.25, -0.2) is 9.69 Å². The molecule has 0 aromatic carbocycles. The second-order valence-corrected chi connectivity index (χ2v) is 7.04. The molecule has 2 amide bonds. The number of amides is 2. The van der Waals surface area contributed by atoms with Gasteiger partial charge in [-0.05, 0) is 30.4 Å². The number of hydrogen-bond donors (Lipinski definition) is 1. The van der Waals surface area contributed by atoms with E-state index >= 15 is 0 Å². The van der Waals surface area contributed by atoms with Crippen LogP contribution in [0.25, 0.3) is 0 Å². The lowest BCUT2D eigenvalue weighted by Crippen LogP contribution is -2.48. The van der Waals surface area contributed by atoms with Gasteiger partial charge in [-0.3, -0.25) is 9.59 Å². The molecule has 6 heteroatoms. The van der Waals surface area contributed by atoms with Crippen molar-refractivity contribution in [3.8, 4) is 0 Å². The Morgan fingerprint density at radius 3 is 2.24 bits per heavy atom. The number of aromatic carboxylic acids is 1. The van der Waals surface area contributed by atoms with Gasteiger partial charge in [0.05, 0.1) is 0 Å². The minimum absolute atomic E-state index is 0.142. The highest BCUT2D eigenvalue weighted by Gasteiger charge is 2.44. The van der Waals surface area contributed by atoms with E-state index in [0.717, 1.165) is 37.0 Å².